The van der Waals surface area contributed by atoms with E-state index in [0.717, 1.165) is 32.7 Å². The summed E-state index contributed by atoms with van der Waals surface area (Å²) in [7, 11) is 0. The molecule has 3 heterocycles. The first-order chi connectivity index (χ1) is 10.8. The zero-order valence-corrected chi connectivity index (χ0v) is 12.8. The number of benzene rings is 1. The summed E-state index contributed by atoms with van der Waals surface area (Å²) >= 11 is 1.69. The topological polar surface area (TPSA) is 38.7 Å². The summed E-state index contributed by atoms with van der Waals surface area (Å²) in [6.07, 6.45) is 1.85. The first kappa shape index (κ1) is 13.1. The third kappa shape index (κ3) is 2.38. The maximum Gasteiger partial charge on any atom is 0.178 e. The number of thiophene rings is 1. The highest BCUT2D eigenvalue weighted by atomic mass is 32.1. The van der Waals surface area contributed by atoms with Crippen molar-refractivity contribution in [3.8, 4) is 22.1 Å². The number of para-hydroxylation sites is 1. The summed E-state index contributed by atoms with van der Waals surface area (Å²) in [5.41, 5.74) is 3.88. The van der Waals surface area contributed by atoms with Gasteiger partial charge in [0.15, 0.2) is 5.82 Å². The van der Waals surface area contributed by atoms with Gasteiger partial charge in [0.1, 0.15) is 5.69 Å². The molecule has 0 amide bonds. The molecule has 0 N–H and O–H groups in total. The molecular formula is C18H13N3S. The average molecular weight is 303 g/mol. The molecule has 1 aromatic carbocycles. The third-order valence-electron chi connectivity index (χ3n) is 3.46. The Morgan fingerprint density at radius 1 is 0.909 bits per heavy atom. The number of aryl methyl sites for hydroxylation is 1. The minimum atomic E-state index is 0.667. The molecular weight excluding hydrogens is 290 g/mol. The quantitative estimate of drug-likeness (QED) is 0.537. The molecule has 0 bridgehead atoms. The lowest BCUT2D eigenvalue weighted by atomic mass is 10.2. The zero-order valence-electron chi connectivity index (χ0n) is 12.0. The second-order valence-electron chi connectivity index (χ2n) is 5.14. The largest absolute Gasteiger partial charge is 0.244 e. The molecule has 0 unspecified atom stereocenters. The van der Waals surface area contributed by atoms with Crippen molar-refractivity contribution in [3.05, 3.63) is 65.7 Å². The van der Waals surface area contributed by atoms with Crippen LogP contribution in [0.25, 0.3) is 33.0 Å². The Labute approximate surface area is 132 Å². The molecule has 0 fully saturated rings. The Hall–Kier alpha value is -2.59. The van der Waals surface area contributed by atoms with E-state index in [2.05, 4.69) is 34.4 Å². The first-order valence-electron chi connectivity index (χ1n) is 7.04. The van der Waals surface area contributed by atoms with E-state index < -0.39 is 0 Å². The molecule has 0 aliphatic rings. The molecule has 0 radical (unpaired) electrons. The highest BCUT2D eigenvalue weighted by molar-refractivity contribution is 7.13. The van der Waals surface area contributed by atoms with Crippen molar-refractivity contribution in [2.75, 3.05) is 0 Å². The van der Waals surface area contributed by atoms with Crippen LogP contribution < -0.4 is 0 Å². The minimum Gasteiger partial charge on any atom is -0.244 e. The first-order valence-corrected chi connectivity index (χ1v) is 7.92. The maximum absolute atomic E-state index is 4.74. The van der Waals surface area contributed by atoms with Gasteiger partial charge in [-0.15, -0.1) is 11.3 Å². The van der Waals surface area contributed by atoms with E-state index in [1.165, 1.54) is 0 Å². The fraction of sp³-hybridized carbons (Fsp3) is 0.0556. The van der Waals surface area contributed by atoms with Crippen LogP contribution in [0, 0.1) is 6.92 Å². The molecule has 3 aromatic heterocycles. The lowest BCUT2D eigenvalue weighted by Gasteiger charge is -2.05. The van der Waals surface area contributed by atoms with Gasteiger partial charge < -0.3 is 0 Å². The summed E-state index contributed by atoms with van der Waals surface area (Å²) in [4.78, 5) is 15.0. The minimum absolute atomic E-state index is 0.667. The SMILES string of the molecule is Cc1cc(-c2ncc3ccccc3n2)nc(-c2cccs2)c1. The van der Waals surface area contributed by atoms with Crippen LogP contribution in [0.15, 0.2) is 60.1 Å². The number of nitrogens with zero attached hydrogens (tertiary/aromatic N) is 3. The summed E-state index contributed by atoms with van der Waals surface area (Å²) in [6.45, 7) is 2.07. The highest BCUT2D eigenvalue weighted by Crippen LogP contribution is 2.26. The van der Waals surface area contributed by atoms with Gasteiger partial charge in [-0.05, 0) is 42.1 Å². The fourth-order valence-electron chi connectivity index (χ4n) is 2.43. The number of fused-ring (bicyclic) bond motifs is 1. The number of pyridine rings is 1. The van der Waals surface area contributed by atoms with E-state index in [1.807, 2.05) is 42.6 Å². The van der Waals surface area contributed by atoms with Gasteiger partial charge >= 0.3 is 0 Å². The molecule has 0 spiro atoms. The second-order valence-corrected chi connectivity index (χ2v) is 6.09. The lowest BCUT2D eigenvalue weighted by Crippen LogP contribution is -1.94. The van der Waals surface area contributed by atoms with Gasteiger partial charge in [0.25, 0.3) is 0 Å². The Balaban J connectivity index is 1.87. The molecule has 4 heteroatoms. The fourth-order valence-corrected chi connectivity index (χ4v) is 3.11. The average Bonchev–Trinajstić information content (AvgIpc) is 3.08. The van der Waals surface area contributed by atoms with Crippen molar-refractivity contribution in [2.45, 2.75) is 6.92 Å². The predicted molar refractivity (Wildman–Crippen MR) is 90.8 cm³/mol. The monoisotopic (exact) mass is 303 g/mol. The van der Waals surface area contributed by atoms with Gasteiger partial charge in [0.2, 0.25) is 0 Å². The molecule has 0 saturated carbocycles. The summed E-state index contributed by atoms with van der Waals surface area (Å²) in [5.74, 6) is 0.667. The summed E-state index contributed by atoms with van der Waals surface area (Å²) < 4.78 is 0. The van der Waals surface area contributed by atoms with Crippen LogP contribution in [0.3, 0.4) is 0 Å². The Bertz CT molecular complexity index is 946. The molecule has 22 heavy (non-hydrogen) atoms. The van der Waals surface area contributed by atoms with Crippen molar-refractivity contribution in [2.24, 2.45) is 0 Å². The van der Waals surface area contributed by atoms with Crippen LogP contribution in [-0.2, 0) is 0 Å². The molecule has 0 aliphatic carbocycles. The molecule has 0 aliphatic heterocycles. The number of rotatable bonds is 2. The molecule has 0 atom stereocenters. The summed E-state index contributed by atoms with van der Waals surface area (Å²) in [5, 5.41) is 3.10. The number of hydrogen-bond acceptors (Lipinski definition) is 4. The van der Waals surface area contributed by atoms with Crippen LogP contribution in [0.1, 0.15) is 5.56 Å². The second kappa shape index (κ2) is 5.31. The highest BCUT2D eigenvalue weighted by Gasteiger charge is 2.09. The lowest BCUT2D eigenvalue weighted by molar-refractivity contribution is 1.17. The smallest absolute Gasteiger partial charge is 0.178 e. The normalized spacial score (nSPS) is 11.0. The molecule has 0 saturated heterocycles. The maximum atomic E-state index is 4.74. The van der Waals surface area contributed by atoms with Crippen LogP contribution in [0.5, 0.6) is 0 Å². The molecule has 4 aromatic rings. The van der Waals surface area contributed by atoms with E-state index in [1.54, 1.807) is 11.3 Å². The van der Waals surface area contributed by atoms with E-state index in [0.29, 0.717) is 5.82 Å². The Morgan fingerprint density at radius 3 is 2.64 bits per heavy atom. The van der Waals surface area contributed by atoms with E-state index in [-0.39, 0.29) is 0 Å². The molecule has 4 rings (SSSR count). The van der Waals surface area contributed by atoms with Crippen molar-refractivity contribution in [3.63, 3.8) is 0 Å². The van der Waals surface area contributed by atoms with Crippen molar-refractivity contribution in [1.82, 2.24) is 15.0 Å². The van der Waals surface area contributed by atoms with Gasteiger partial charge in [-0.25, -0.2) is 15.0 Å². The van der Waals surface area contributed by atoms with Crippen molar-refractivity contribution >= 4 is 22.2 Å². The van der Waals surface area contributed by atoms with E-state index in [9.17, 15) is 0 Å². The van der Waals surface area contributed by atoms with Crippen LogP contribution >= 0.6 is 11.3 Å². The number of aromatic nitrogens is 3. The predicted octanol–water partition coefficient (Wildman–Crippen LogP) is 4.73. The zero-order chi connectivity index (χ0) is 14.9. The van der Waals surface area contributed by atoms with Crippen LogP contribution in [0.4, 0.5) is 0 Å². The van der Waals surface area contributed by atoms with Crippen LogP contribution in [0.2, 0.25) is 0 Å². The third-order valence-corrected chi connectivity index (χ3v) is 4.35. The van der Waals surface area contributed by atoms with Crippen molar-refractivity contribution < 1.29 is 0 Å². The van der Waals surface area contributed by atoms with Gasteiger partial charge in [-0.3, -0.25) is 0 Å². The van der Waals surface area contributed by atoms with Crippen LogP contribution in [-0.4, -0.2) is 15.0 Å². The van der Waals surface area contributed by atoms with E-state index >= 15 is 0 Å². The summed E-state index contributed by atoms with van der Waals surface area (Å²) in [6, 6.07) is 16.2. The number of hydrogen-bond donors (Lipinski definition) is 0. The Morgan fingerprint density at radius 2 is 1.77 bits per heavy atom. The van der Waals surface area contributed by atoms with Gasteiger partial charge in [0, 0.05) is 11.6 Å². The van der Waals surface area contributed by atoms with Gasteiger partial charge in [-0.2, -0.15) is 0 Å². The van der Waals surface area contributed by atoms with Crippen molar-refractivity contribution in [1.29, 1.82) is 0 Å². The van der Waals surface area contributed by atoms with Gasteiger partial charge in [0.05, 0.1) is 16.1 Å². The molecule has 3 nitrogen and oxygen atoms in total. The Kier molecular flexibility index (Phi) is 3.16. The molecule has 106 valence electrons. The standard InChI is InChI=1S/C18H13N3S/c1-12-9-15(17-7-4-8-22-17)20-16(10-12)18-19-11-13-5-2-3-6-14(13)21-18/h2-11H,1H3. The van der Waals surface area contributed by atoms with Gasteiger partial charge in [-0.1, -0.05) is 24.3 Å². The van der Waals surface area contributed by atoms with E-state index in [4.69, 9.17) is 4.98 Å².